The Morgan fingerprint density at radius 2 is 1.64 bits per heavy atom. The first-order chi connectivity index (χ1) is 13.4. The molecule has 0 saturated heterocycles. The van der Waals surface area contributed by atoms with E-state index in [1.54, 1.807) is 0 Å². The molecule has 0 fully saturated rings. The zero-order chi connectivity index (χ0) is 20.4. The number of hydrogen-bond donors (Lipinski definition) is 2. The van der Waals surface area contributed by atoms with Crippen molar-refractivity contribution in [3.05, 3.63) is 65.7 Å². The molecule has 152 valence electrons. The summed E-state index contributed by atoms with van der Waals surface area (Å²) in [6, 6.07) is 17.6. The molecule has 2 aromatic carbocycles. The Bertz CT molecular complexity index is 702. The Hall–Kier alpha value is -2.57. The second-order valence-corrected chi connectivity index (χ2v) is 7.35. The van der Waals surface area contributed by atoms with E-state index in [1.807, 2.05) is 82.8 Å². The van der Waals surface area contributed by atoms with Gasteiger partial charge in [0.05, 0.1) is 6.04 Å². The summed E-state index contributed by atoms with van der Waals surface area (Å²) in [6.45, 7) is 2.72. The molecule has 1 atom stereocenters. The number of nitrogens with one attached hydrogen (secondary N) is 2. The van der Waals surface area contributed by atoms with Crippen molar-refractivity contribution in [3.8, 4) is 5.75 Å². The Morgan fingerprint density at radius 1 is 0.964 bits per heavy atom. The van der Waals surface area contributed by atoms with E-state index in [0.717, 1.165) is 30.0 Å². The van der Waals surface area contributed by atoms with Gasteiger partial charge in [0.1, 0.15) is 12.4 Å². The predicted octanol–water partition coefficient (Wildman–Crippen LogP) is 2.73. The zero-order valence-corrected chi connectivity index (χ0v) is 17.3. The topological polar surface area (TPSA) is 56.8 Å². The molecular weight excluding hydrogens is 352 g/mol. The summed E-state index contributed by atoms with van der Waals surface area (Å²) >= 11 is 0. The summed E-state index contributed by atoms with van der Waals surface area (Å²) in [7, 11) is 8.03. The number of hydrogen-bond acceptors (Lipinski definition) is 4. The molecule has 0 aliphatic rings. The maximum atomic E-state index is 12.4. The van der Waals surface area contributed by atoms with Gasteiger partial charge in [-0.2, -0.15) is 0 Å². The SMILES string of the molecule is CN(C)CCOc1ccc(CNC(=O)NC(CN(C)C)c2ccccc2)cc1. The lowest BCUT2D eigenvalue weighted by molar-refractivity contribution is 0.232. The highest BCUT2D eigenvalue weighted by molar-refractivity contribution is 5.74. The smallest absolute Gasteiger partial charge is 0.315 e. The number of rotatable bonds is 10. The highest BCUT2D eigenvalue weighted by Gasteiger charge is 2.15. The largest absolute Gasteiger partial charge is 0.492 e. The lowest BCUT2D eigenvalue weighted by Gasteiger charge is -2.23. The number of amides is 2. The van der Waals surface area contributed by atoms with Crippen LogP contribution in [0.5, 0.6) is 5.75 Å². The van der Waals surface area contributed by atoms with Crippen molar-refractivity contribution in [3.63, 3.8) is 0 Å². The maximum Gasteiger partial charge on any atom is 0.315 e. The van der Waals surface area contributed by atoms with Gasteiger partial charge in [-0.05, 0) is 51.5 Å². The summed E-state index contributed by atoms with van der Waals surface area (Å²) < 4.78 is 5.69. The first-order valence-corrected chi connectivity index (χ1v) is 9.54. The number of benzene rings is 2. The van der Waals surface area contributed by atoms with Gasteiger partial charge in [-0.25, -0.2) is 4.79 Å². The summed E-state index contributed by atoms with van der Waals surface area (Å²) in [5.41, 5.74) is 2.12. The molecule has 0 saturated carbocycles. The van der Waals surface area contributed by atoms with Crippen LogP contribution in [-0.2, 0) is 6.54 Å². The van der Waals surface area contributed by atoms with Gasteiger partial charge in [0.25, 0.3) is 0 Å². The zero-order valence-electron chi connectivity index (χ0n) is 17.3. The van der Waals surface area contributed by atoms with Crippen LogP contribution in [-0.4, -0.2) is 63.7 Å². The van der Waals surface area contributed by atoms with Gasteiger partial charge in [-0.1, -0.05) is 42.5 Å². The Balaban J connectivity index is 1.83. The molecule has 6 heteroatoms. The van der Waals surface area contributed by atoms with Crippen LogP contribution >= 0.6 is 0 Å². The van der Waals surface area contributed by atoms with E-state index < -0.39 is 0 Å². The minimum absolute atomic E-state index is 0.0660. The number of urea groups is 1. The first-order valence-electron chi connectivity index (χ1n) is 9.54. The summed E-state index contributed by atoms with van der Waals surface area (Å²) in [6.07, 6.45) is 0. The van der Waals surface area contributed by atoms with Gasteiger partial charge < -0.3 is 25.2 Å². The third kappa shape index (κ3) is 7.98. The summed E-state index contributed by atoms with van der Waals surface area (Å²) in [5, 5.41) is 6.00. The van der Waals surface area contributed by atoms with E-state index in [4.69, 9.17) is 4.74 Å². The molecule has 6 nitrogen and oxygen atoms in total. The normalized spacial score (nSPS) is 12.1. The van der Waals surface area contributed by atoms with Crippen LogP contribution in [0.4, 0.5) is 4.79 Å². The van der Waals surface area contributed by atoms with E-state index in [9.17, 15) is 4.79 Å². The highest BCUT2D eigenvalue weighted by Crippen LogP contribution is 2.14. The average molecular weight is 385 g/mol. The van der Waals surface area contributed by atoms with Crippen molar-refractivity contribution >= 4 is 6.03 Å². The van der Waals surface area contributed by atoms with Gasteiger partial charge in [0.2, 0.25) is 0 Å². The van der Waals surface area contributed by atoms with Crippen LogP contribution < -0.4 is 15.4 Å². The van der Waals surface area contributed by atoms with E-state index in [2.05, 4.69) is 20.4 Å². The molecule has 2 aromatic rings. The van der Waals surface area contributed by atoms with Crippen molar-refractivity contribution < 1.29 is 9.53 Å². The Labute approximate surface area is 168 Å². The number of ether oxygens (including phenoxy) is 1. The fourth-order valence-electron chi connectivity index (χ4n) is 2.73. The number of nitrogens with zero attached hydrogens (tertiary/aromatic N) is 2. The second kappa shape index (κ2) is 11.3. The second-order valence-electron chi connectivity index (χ2n) is 7.35. The Morgan fingerprint density at radius 3 is 2.25 bits per heavy atom. The molecule has 2 amide bonds. The lowest BCUT2D eigenvalue weighted by atomic mass is 10.1. The molecule has 2 N–H and O–H groups in total. The molecule has 0 spiro atoms. The van der Waals surface area contributed by atoms with Crippen LogP contribution in [0.3, 0.4) is 0 Å². The van der Waals surface area contributed by atoms with Crippen LogP contribution in [0.25, 0.3) is 0 Å². The van der Waals surface area contributed by atoms with Crippen LogP contribution in [0.1, 0.15) is 17.2 Å². The standard InChI is InChI=1S/C22H32N4O2/c1-25(2)14-15-28-20-12-10-18(11-13-20)16-23-22(27)24-21(17-26(3)4)19-8-6-5-7-9-19/h5-13,21H,14-17H2,1-4H3,(H2,23,24,27). The molecule has 0 aliphatic carbocycles. The van der Waals surface area contributed by atoms with E-state index >= 15 is 0 Å². The minimum atomic E-state index is -0.179. The third-order valence-corrected chi connectivity index (χ3v) is 4.24. The van der Waals surface area contributed by atoms with Gasteiger partial charge in [-0.15, -0.1) is 0 Å². The van der Waals surface area contributed by atoms with Crippen molar-refractivity contribution in [1.82, 2.24) is 20.4 Å². The molecule has 0 bridgehead atoms. The molecule has 0 aliphatic heterocycles. The third-order valence-electron chi connectivity index (χ3n) is 4.24. The molecule has 0 aromatic heterocycles. The highest BCUT2D eigenvalue weighted by atomic mass is 16.5. The molecule has 2 rings (SSSR count). The van der Waals surface area contributed by atoms with Crippen molar-refractivity contribution in [2.75, 3.05) is 47.9 Å². The van der Waals surface area contributed by atoms with Gasteiger partial charge in [0.15, 0.2) is 0 Å². The number of likely N-dealkylation sites (N-methyl/N-ethyl adjacent to an activating group) is 2. The van der Waals surface area contributed by atoms with Crippen molar-refractivity contribution in [2.24, 2.45) is 0 Å². The first kappa shape index (κ1) is 21.7. The van der Waals surface area contributed by atoms with Crippen LogP contribution in [0.15, 0.2) is 54.6 Å². The van der Waals surface area contributed by atoms with Gasteiger partial charge in [0, 0.05) is 19.6 Å². The average Bonchev–Trinajstić information content (AvgIpc) is 2.67. The van der Waals surface area contributed by atoms with Crippen molar-refractivity contribution in [2.45, 2.75) is 12.6 Å². The summed E-state index contributed by atoms with van der Waals surface area (Å²) in [4.78, 5) is 16.5. The van der Waals surface area contributed by atoms with E-state index in [1.165, 1.54) is 0 Å². The number of carbonyl (C=O) groups is 1. The summed E-state index contributed by atoms with van der Waals surface area (Å²) in [5.74, 6) is 0.838. The van der Waals surface area contributed by atoms with Crippen molar-refractivity contribution in [1.29, 1.82) is 0 Å². The lowest BCUT2D eigenvalue weighted by Crippen LogP contribution is -2.41. The molecule has 0 heterocycles. The van der Waals surface area contributed by atoms with E-state index in [-0.39, 0.29) is 12.1 Å². The predicted molar refractivity (Wildman–Crippen MR) is 114 cm³/mol. The van der Waals surface area contributed by atoms with Gasteiger partial charge in [-0.3, -0.25) is 0 Å². The monoisotopic (exact) mass is 384 g/mol. The minimum Gasteiger partial charge on any atom is -0.492 e. The molecule has 0 radical (unpaired) electrons. The quantitative estimate of drug-likeness (QED) is 0.661. The molecule has 1 unspecified atom stereocenters. The molecular formula is C22H32N4O2. The fraction of sp³-hybridized carbons (Fsp3) is 0.409. The van der Waals surface area contributed by atoms with Crippen LogP contribution in [0.2, 0.25) is 0 Å². The number of carbonyl (C=O) groups excluding carboxylic acids is 1. The van der Waals surface area contributed by atoms with Gasteiger partial charge >= 0.3 is 6.03 Å². The fourth-order valence-corrected chi connectivity index (χ4v) is 2.73. The molecule has 28 heavy (non-hydrogen) atoms. The Kier molecular flexibility index (Phi) is 8.78. The van der Waals surface area contributed by atoms with E-state index in [0.29, 0.717) is 13.2 Å². The maximum absolute atomic E-state index is 12.4. The van der Waals surface area contributed by atoms with Crippen LogP contribution in [0, 0.1) is 0 Å².